The van der Waals surface area contributed by atoms with Crippen LogP contribution in [0.5, 0.6) is 11.5 Å². The number of aromatic nitrogens is 4. The number of rotatable bonds is 7. The first-order valence-electron chi connectivity index (χ1n) is 7.67. The van der Waals surface area contributed by atoms with E-state index in [2.05, 4.69) is 20.3 Å². The summed E-state index contributed by atoms with van der Waals surface area (Å²) in [5.41, 5.74) is 2.74. The molecule has 3 aromatic rings. The number of hydrogen-bond acceptors (Lipinski definition) is 6. The molecule has 0 spiro atoms. The number of hydrogen-bond donors (Lipinski definition) is 0. The van der Waals surface area contributed by atoms with Gasteiger partial charge in [0.25, 0.3) is 0 Å². The third kappa shape index (κ3) is 4.29. The van der Waals surface area contributed by atoms with Crippen LogP contribution < -0.4 is 9.47 Å². The van der Waals surface area contributed by atoms with Crippen LogP contribution >= 0.6 is 11.8 Å². The second-order valence-corrected chi connectivity index (χ2v) is 6.30. The predicted octanol–water partition coefficient (Wildman–Crippen LogP) is 3.87. The molecule has 1 heterocycles. The molecule has 0 radical (unpaired) electrons. The third-order valence-corrected chi connectivity index (χ3v) is 4.51. The Morgan fingerprint density at radius 3 is 2.62 bits per heavy atom. The van der Waals surface area contributed by atoms with E-state index in [1.807, 2.05) is 25.1 Å². The quantitative estimate of drug-likeness (QED) is 0.582. The molecule has 1 aromatic heterocycles. The van der Waals surface area contributed by atoms with Crippen LogP contribution in [-0.4, -0.2) is 33.9 Å². The van der Waals surface area contributed by atoms with Gasteiger partial charge < -0.3 is 9.47 Å². The van der Waals surface area contributed by atoms with Crippen molar-refractivity contribution in [3.05, 3.63) is 53.6 Å². The van der Waals surface area contributed by atoms with Crippen molar-refractivity contribution in [2.45, 2.75) is 24.4 Å². The summed E-state index contributed by atoms with van der Waals surface area (Å²) in [4.78, 5) is 0. The van der Waals surface area contributed by atoms with Crippen molar-refractivity contribution in [2.24, 2.45) is 0 Å². The van der Waals surface area contributed by atoms with E-state index in [9.17, 15) is 8.78 Å². The molecule has 0 saturated carbocycles. The van der Waals surface area contributed by atoms with Gasteiger partial charge in [-0.25, -0.2) is 0 Å². The molecule has 3 rings (SSSR count). The summed E-state index contributed by atoms with van der Waals surface area (Å²) in [5.74, 6) is 1.37. The second-order valence-electron chi connectivity index (χ2n) is 5.36. The summed E-state index contributed by atoms with van der Waals surface area (Å²) < 4.78 is 35.7. The predicted molar refractivity (Wildman–Crippen MR) is 93.1 cm³/mol. The lowest BCUT2D eigenvalue weighted by Crippen LogP contribution is -2.03. The van der Waals surface area contributed by atoms with Crippen molar-refractivity contribution in [2.75, 3.05) is 7.11 Å². The highest BCUT2D eigenvalue weighted by Crippen LogP contribution is 2.28. The smallest absolute Gasteiger partial charge is 0.387 e. The van der Waals surface area contributed by atoms with Crippen LogP contribution in [-0.2, 0) is 5.75 Å². The average Bonchev–Trinajstić information content (AvgIpc) is 3.09. The van der Waals surface area contributed by atoms with Gasteiger partial charge >= 0.3 is 6.61 Å². The highest BCUT2D eigenvalue weighted by molar-refractivity contribution is 7.98. The minimum atomic E-state index is -2.83. The molecule has 0 aliphatic rings. The van der Waals surface area contributed by atoms with Crippen molar-refractivity contribution in [3.8, 4) is 17.2 Å². The molecule has 0 saturated heterocycles. The van der Waals surface area contributed by atoms with E-state index in [0.717, 1.165) is 16.8 Å². The maximum Gasteiger partial charge on any atom is 0.387 e. The highest BCUT2D eigenvalue weighted by atomic mass is 32.2. The maximum atomic E-state index is 12.2. The Balaban J connectivity index is 1.75. The Morgan fingerprint density at radius 1 is 1.15 bits per heavy atom. The van der Waals surface area contributed by atoms with E-state index in [1.165, 1.54) is 23.9 Å². The fourth-order valence-electron chi connectivity index (χ4n) is 2.30. The van der Waals surface area contributed by atoms with Gasteiger partial charge in [0.15, 0.2) is 0 Å². The van der Waals surface area contributed by atoms with E-state index >= 15 is 0 Å². The van der Waals surface area contributed by atoms with Crippen molar-refractivity contribution < 1.29 is 18.3 Å². The maximum absolute atomic E-state index is 12.2. The average molecular weight is 378 g/mol. The largest absolute Gasteiger partial charge is 0.494 e. The van der Waals surface area contributed by atoms with Crippen LogP contribution in [0, 0.1) is 6.92 Å². The number of aryl methyl sites for hydroxylation is 1. The Bertz CT molecular complexity index is 871. The van der Waals surface area contributed by atoms with Crippen molar-refractivity contribution in [1.29, 1.82) is 0 Å². The first-order valence-corrected chi connectivity index (χ1v) is 8.65. The lowest BCUT2D eigenvalue weighted by atomic mass is 10.2. The van der Waals surface area contributed by atoms with Gasteiger partial charge in [-0.1, -0.05) is 30.0 Å². The molecular formula is C17H16F2N4O2S. The lowest BCUT2D eigenvalue weighted by molar-refractivity contribution is -0.0498. The molecule has 0 unspecified atom stereocenters. The minimum absolute atomic E-state index is 0.128. The Labute approximate surface area is 153 Å². The van der Waals surface area contributed by atoms with Crippen LogP contribution in [0.15, 0.2) is 47.6 Å². The van der Waals surface area contributed by atoms with Crippen LogP contribution in [0.25, 0.3) is 5.69 Å². The molecule has 0 aliphatic carbocycles. The molecule has 0 amide bonds. The minimum Gasteiger partial charge on any atom is -0.494 e. The van der Waals surface area contributed by atoms with Crippen molar-refractivity contribution in [1.82, 2.24) is 20.2 Å². The number of halogens is 2. The van der Waals surface area contributed by atoms with Gasteiger partial charge in [-0.2, -0.15) is 13.5 Å². The first kappa shape index (κ1) is 18.1. The third-order valence-electron chi connectivity index (χ3n) is 3.52. The summed E-state index contributed by atoms with van der Waals surface area (Å²) >= 11 is 1.43. The van der Waals surface area contributed by atoms with Crippen LogP contribution in [0.2, 0.25) is 0 Å². The first-order chi connectivity index (χ1) is 12.6. The number of methoxy groups -OCH3 is 1. The fraction of sp³-hybridized carbons (Fsp3) is 0.235. The molecule has 26 heavy (non-hydrogen) atoms. The monoisotopic (exact) mass is 378 g/mol. The molecule has 0 bridgehead atoms. The van der Waals surface area contributed by atoms with Gasteiger partial charge in [0.1, 0.15) is 17.2 Å². The number of ether oxygens (including phenoxy) is 2. The Morgan fingerprint density at radius 2 is 1.92 bits per heavy atom. The van der Waals surface area contributed by atoms with Crippen molar-refractivity contribution in [3.63, 3.8) is 0 Å². The lowest BCUT2D eigenvalue weighted by Gasteiger charge is -2.10. The molecular weight excluding hydrogens is 362 g/mol. The molecule has 6 nitrogen and oxygen atoms in total. The summed E-state index contributed by atoms with van der Waals surface area (Å²) in [7, 11) is 1.59. The zero-order chi connectivity index (χ0) is 18.5. The van der Waals surface area contributed by atoms with Gasteiger partial charge in [0.05, 0.1) is 7.11 Å². The Hall–Kier alpha value is -2.68. The van der Waals surface area contributed by atoms with Crippen LogP contribution in [0.3, 0.4) is 0 Å². The second kappa shape index (κ2) is 8.13. The van der Waals surface area contributed by atoms with Crippen LogP contribution in [0.1, 0.15) is 11.1 Å². The van der Waals surface area contributed by atoms with Gasteiger partial charge in [-0.15, -0.1) is 5.10 Å². The summed E-state index contributed by atoms with van der Waals surface area (Å²) in [5, 5.41) is 12.4. The number of alkyl halides is 2. The zero-order valence-corrected chi connectivity index (χ0v) is 14.9. The van der Waals surface area contributed by atoms with E-state index in [0.29, 0.717) is 16.7 Å². The summed E-state index contributed by atoms with van der Waals surface area (Å²) in [6, 6.07) is 12.2. The normalized spacial score (nSPS) is 11.0. The standard InChI is InChI=1S/C17H16F2N4O2S/c1-11-3-8-15(24-2)14(9-11)23-17(20-21-22-23)26-10-12-4-6-13(7-5-12)25-16(18)19/h3-9,16H,10H2,1-2H3. The van der Waals surface area contributed by atoms with Crippen molar-refractivity contribution >= 4 is 11.8 Å². The topological polar surface area (TPSA) is 62.1 Å². The molecule has 2 aromatic carbocycles. The van der Waals surface area contributed by atoms with Gasteiger partial charge in [-0.3, -0.25) is 0 Å². The van der Waals surface area contributed by atoms with Gasteiger partial charge in [0.2, 0.25) is 5.16 Å². The van der Waals surface area contributed by atoms with E-state index in [-0.39, 0.29) is 5.75 Å². The molecule has 9 heteroatoms. The van der Waals surface area contributed by atoms with E-state index in [4.69, 9.17) is 4.74 Å². The molecule has 0 atom stereocenters. The van der Waals surface area contributed by atoms with Gasteiger partial charge in [0, 0.05) is 5.75 Å². The number of thioether (sulfide) groups is 1. The number of tetrazole rings is 1. The van der Waals surface area contributed by atoms with Crippen LogP contribution in [0.4, 0.5) is 8.78 Å². The summed E-state index contributed by atoms with van der Waals surface area (Å²) in [6.07, 6.45) is 0. The zero-order valence-electron chi connectivity index (χ0n) is 14.1. The Kier molecular flexibility index (Phi) is 5.67. The van der Waals surface area contributed by atoms with E-state index in [1.54, 1.807) is 23.9 Å². The number of nitrogens with zero attached hydrogens (tertiary/aromatic N) is 4. The molecule has 0 fully saturated rings. The van der Waals surface area contributed by atoms with E-state index < -0.39 is 6.61 Å². The summed E-state index contributed by atoms with van der Waals surface area (Å²) in [6.45, 7) is -0.854. The fourth-order valence-corrected chi connectivity index (χ4v) is 3.14. The molecule has 0 N–H and O–H groups in total. The number of benzene rings is 2. The SMILES string of the molecule is COc1ccc(C)cc1-n1nnnc1SCc1ccc(OC(F)F)cc1. The highest BCUT2D eigenvalue weighted by Gasteiger charge is 2.14. The molecule has 0 aliphatic heterocycles. The molecule has 136 valence electrons. The van der Waals surface area contributed by atoms with Gasteiger partial charge in [-0.05, 0) is 52.7 Å².